The van der Waals surface area contributed by atoms with Crippen molar-refractivity contribution in [2.45, 2.75) is 62.4 Å². The highest BCUT2D eigenvalue weighted by atomic mass is 19.4. The van der Waals surface area contributed by atoms with Gasteiger partial charge in [0.15, 0.2) is 5.41 Å². The number of carbonyl (C=O) groups is 1. The van der Waals surface area contributed by atoms with E-state index in [4.69, 9.17) is 0 Å². The molecular weight excluding hydrogens is 404 g/mol. The van der Waals surface area contributed by atoms with Gasteiger partial charge < -0.3 is 4.74 Å². The molecule has 0 aliphatic heterocycles. The predicted molar refractivity (Wildman–Crippen MR) is 58.8 cm³/mol. The van der Waals surface area contributed by atoms with E-state index < -0.39 is 59.9 Å². The summed E-state index contributed by atoms with van der Waals surface area (Å²) in [5.74, 6) is -35.5. The Morgan fingerprint density at radius 1 is 0.885 bits per heavy atom. The van der Waals surface area contributed by atoms with Crippen LogP contribution >= 0.6 is 0 Å². The summed E-state index contributed by atoms with van der Waals surface area (Å²) in [6.07, 6.45) is -10.3. The molecule has 0 radical (unpaired) electrons. The molecule has 26 heavy (non-hydrogen) atoms. The number of carbonyl (C=O) groups excluding carboxylic acids is 1. The molecule has 0 amide bonds. The highest BCUT2D eigenvalue weighted by Crippen LogP contribution is 2.64. The molecule has 154 valence electrons. The summed E-state index contributed by atoms with van der Waals surface area (Å²) in [6.45, 7) is 0.653. The Morgan fingerprint density at radius 2 is 1.31 bits per heavy atom. The van der Waals surface area contributed by atoms with E-state index in [0.717, 1.165) is 0 Å². The van der Waals surface area contributed by atoms with Crippen molar-refractivity contribution in [3.63, 3.8) is 0 Å². The average Bonchev–Trinajstić information content (AvgIpc) is 2.42. The Morgan fingerprint density at radius 3 is 1.65 bits per heavy atom. The lowest BCUT2D eigenvalue weighted by Crippen LogP contribution is -2.75. The highest BCUT2D eigenvalue weighted by molar-refractivity contribution is 5.78. The van der Waals surface area contributed by atoms with Gasteiger partial charge in [-0.1, -0.05) is 6.92 Å². The van der Waals surface area contributed by atoms with Crippen molar-refractivity contribution in [3.05, 3.63) is 0 Å². The van der Waals surface area contributed by atoms with Gasteiger partial charge in [-0.05, 0) is 13.3 Å². The monoisotopic (exact) mass is 414 g/mol. The largest absolute Gasteiger partial charge is 0.421 e. The van der Waals surface area contributed by atoms with Crippen LogP contribution in [0.2, 0.25) is 0 Å². The summed E-state index contributed by atoms with van der Waals surface area (Å²) in [4.78, 5) is 11.5. The number of ether oxygens (including phenoxy) is 1. The molecule has 0 aromatic rings. The highest BCUT2D eigenvalue weighted by Gasteiger charge is 2.92. The third-order valence-electron chi connectivity index (χ3n) is 4.20. The molecule has 0 aromatic heterocycles. The van der Waals surface area contributed by atoms with Crippen LogP contribution in [0.15, 0.2) is 0 Å². The van der Waals surface area contributed by atoms with Crippen LogP contribution < -0.4 is 0 Å². The van der Waals surface area contributed by atoms with E-state index in [1.165, 1.54) is 0 Å². The van der Waals surface area contributed by atoms with Gasteiger partial charge in [0.25, 0.3) is 0 Å². The van der Waals surface area contributed by atoms with E-state index in [1.54, 1.807) is 0 Å². The number of halogens is 12. The van der Waals surface area contributed by atoms with Gasteiger partial charge in [-0.3, -0.25) is 4.79 Å². The summed E-state index contributed by atoms with van der Waals surface area (Å²) in [7, 11) is 0. The minimum absolute atomic E-state index is 0.00452. The molecule has 1 aliphatic carbocycles. The van der Waals surface area contributed by atoms with Gasteiger partial charge >= 0.3 is 41.7 Å². The van der Waals surface area contributed by atoms with Crippen LogP contribution in [-0.2, 0) is 9.53 Å². The molecule has 2 unspecified atom stereocenters. The lowest BCUT2D eigenvalue weighted by molar-refractivity contribution is -0.456. The zero-order valence-electron chi connectivity index (χ0n) is 12.8. The third kappa shape index (κ3) is 2.62. The van der Waals surface area contributed by atoms with Crippen molar-refractivity contribution in [3.8, 4) is 0 Å². The standard InChI is InChI=1S/C12H10F12O2/c1-3-6(2,12(22,23)24)5(25)26-8(15)4-7(13,14)9(16,17)11(20,21)10(8,18)19/h3-4H2,1-2H3. The van der Waals surface area contributed by atoms with Gasteiger partial charge in [0.1, 0.15) is 0 Å². The van der Waals surface area contributed by atoms with E-state index in [9.17, 15) is 57.5 Å². The van der Waals surface area contributed by atoms with Crippen molar-refractivity contribution in [2.75, 3.05) is 0 Å². The Bertz CT molecular complexity index is 583. The summed E-state index contributed by atoms with van der Waals surface area (Å²) in [5.41, 5.74) is -3.74. The first-order valence-corrected chi connectivity index (χ1v) is 6.65. The first-order chi connectivity index (χ1) is 11.1. The van der Waals surface area contributed by atoms with E-state index in [-0.39, 0.29) is 6.92 Å². The van der Waals surface area contributed by atoms with Crippen molar-refractivity contribution in [1.82, 2.24) is 0 Å². The first kappa shape index (κ1) is 22.7. The molecule has 0 heterocycles. The predicted octanol–water partition coefficient (Wildman–Crippen LogP) is 5.12. The van der Waals surface area contributed by atoms with Crippen LogP contribution in [0.1, 0.15) is 26.7 Å². The molecule has 14 heteroatoms. The Hall–Kier alpha value is -1.37. The summed E-state index contributed by atoms with van der Waals surface area (Å²) < 4.78 is 161. The van der Waals surface area contributed by atoms with Crippen molar-refractivity contribution < 1.29 is 62.2 Å². The normalized spacial score (nSPS) is 31.8. The zero-order chi connectivity index (χ0) is 21.2. The maximum absolute atomic E-state index is 14.1. The number of esters is 1. The molecular formula is C12H10F12O2. The fourth-order valence-corrected chi connectivity index (χ4v) is 1.99. The second-order valence-electron chi connectivity index (χ2n) is 5.91. The van der Waals surface area contributed by atoms with E-state index in [2.05, 4.69) is 4.74 Å². The van der Waals surface area contributed by atoms with Crippen molar-refractivity contribution in [2.24, 2.45) is 5.41 Å². The smallest absolute Gasteiger partial charge is 0.404 e. The number of hydrogen-bond donors (Lipinski definition) is 0. The van der Waals surface area contributed by atoms with E-state index in [1.807, 2.05) is 0 Å². The van der Waals surface area contributed by atoms with Crippen LogP contribution in [-0.4, -0.2) is 41.7 Å². The number of alkyl halides is 12. The minimum Gasteiger partial charge on any atom is -0.421 e. The molecule has 1 fully saturated rings. The molecule has 1 saturated carbocycles. The molecule has 0 saturated heterocycles. The summed E-state index contributed by atoms with van der Waals surface area (Å²) >= 11 is 0. The first-order valence-electron chi connectivity index (χ1n) is 6.65. The fraction of sp³-hybridized carbons (Fsp3) is 0.917. The van der Waals surface area contributed by atoms with Gasteiger partial charge in [0.05, 0.1) is 6.42 Å². The number of hydrogen-bond acceptors (Lipinski definition) is 2. The van der Waals surface area contributed by atoms with Crippen molar-refractivity contribution in [1.29, 1.82) is 0 Å². The second kappa shape index (κ2) is 5.57. The van der Waals surface area contributed by atoms with Crippen LogP contribution in [0.4, 0.5) is 52.7 Å². The van der Waals surface area contributed by atoms with Gasteiger partial charge in [-0.15, -0.1) is 0 Å². The average molecular weight is 414 g/mol. The van der Waals surface area contributed by atoms with E-state index in [0.29, 0.717) is 6.92 Å². The maximum atomic E-state index is 14.1. The molecule has 2 atom stereocenters. The topological polar surface area (TPSA) is 26.3 Å². The van der Waals surface area contributed by atoms with Gasteiger partial charge in [0, 0.05) is 0 Å². The Balaban J connectivity index is 3.46. The molecule has 2 nitrogen and oxygen atoms in total. The van der Waals surface area contributed by atoms with E-state index >= 15 is 0 Å². The van der Waals surface area contributed by atoms with Crippen LogP contribution in [0.25, 0.3) is 0 Å². The fourth-order valence-electron chi connectivity index (χ4n) is 1.99. The van der Waals surface area contributed by atoms with Crippen LogP contribution in [0.5, 0.6) is 0 Å². The summed E-state index contributed by atoms with van der Waals surface area (Å²) in [5, 5.41) is 0. The lowest BCUT2D eigenvalue weighted by atomic mass is 9.81. The number of rotatable bonds is 3. The second-order valence-corrected chi connectivity index (χ2v) is 5.91. The Kier molecular flexibility index (Phi) is 4.85. The van der Waals surface area contributed by atoms with Crippen LogP contribution in [0.3, 0.4) is 0 Å². The Labute approximate surface area is 137 Å². The van der Waals surface area contributed by atoms with Gasteiger partial charge in [-0.25, -0.2) is 0 Å². The SMILES string of the molecule is CCC(C)(C(=O)OC1(F)CC(F)(F)C(F)(F)C(F)(F)C1(F)F)C(F)(F)F. The zero-order valence-corrected chi connectivity index (χ0v) is 12.8. The van der Waals surface area contributed by atoms with Crippen molar-refractivity contribution >= 4 is 5.97 Å². The van der Waals surface area contributed by atoms with Gasteiger partial charge in [0.2, 0.25) is 0 Å². The van der Waals surface area contributed by atoms with Gasteiger partial charge in [-0.2, -0.15) is 52.7 Å². The molecule has 1 rings (SSSR count). The quantitative estimate of drug-likeness (QED) is 0.474. The molecule has 0 aromatic carbocycles. The molecule has 0 spiro atoms. The van der Waals surface area contributed by atoms with Crippen LogP contribution in [0, 0.1) is 5.41 Å². The molecule has 1 aliphatic rings. The maximum Gasteiger partial charge on any atom is 0.404 e. The molecule has 0 bridgehead atoms. The lowest BCUT2D eigenvalue weighted by Gasteiger charge is -2.48. The summed E-state index contributed by atoms with van der Waals surface area (Å²) in [6, 6.07) is 0. The molecule has 0 N–H and O–H groups in total. The minimum atomic E-state index is -7.07. The third-order valence-corrected chi connectivity index (χ3v) is 4.20.